The van der Waals surface area contributed by atoms with Gasteiger partial charge in [-0.25, -0.2) is 0 Å². The van der Waals surface area contributed by atoms with Gasteiger partial charge in [-0.05, 0) is 31.2 Å². The lowest BCUT2D eigenvalue weighted by Crippen LogP contribution is -2.49. The molecule has 0 radical (unpaired) electrons. The van der Waals surface area contributed by atoms with E-state index in [1.807, 2.05) is 0 Å². The van der Waals surface area contributed by atoms with Crippen LogP contribution in [0.25, 0.3) is 0 Å². The lowest BCUT2D eigenvalue weighted by Gasteiger charge is -2.39. The summed E-state index contributed by atoms with van der Waals surface area (Å²) in [7, 11) is 0. The molecule has 2 aliphatic rings. The van der Waals surface area contributed by atoms with E-state index in [0.29, 0.717) is 12.6 Å². The Morgan fingerprint density at radius 1 is 1.20 bits per heavy atom. The average Bonchev–Trinajstić information content (AvgIpc) is 3.26. The molecule has 1 saturated heterocycles. The Hall–Kier alpha value is -0.900. The fraction of sp³-hybridized carbons (Fsp3) is 0.647. The molecule has 1 aromatic carbocycles. The van der Waals surface area contributed by atoms with Gasteiger partial charge in [0.25, 0.3) is 0 Å². The number of hydrogen-bond acceptors (Lipinski definition) is 3. The van der Waals surface area contributed by atoms with Crippen LogP contribution in [-0.4, -0.2) is 49.1 Å². The summed E-state index contributed by atoms with van der Waals surface area (Å²) in [5.41, 5.74) is 8.76. The van der Waals surface area contributed by atoms with Crippen LogP contribution in [0.15, 0.2) is 24.3 Å². The number of nitrogens with zero attached hydrogens (tertiary/aromatic N) is 2. The van der Waals surface area contributed by atoms with E-state index in [4.69, 9.17) is 5.73 Å². The smallest absolute Gasteiger partial charge is 0.0471 e. The molecule has 1 saturated carbocycles. The van der Waals surface area contributed by atoms with Gasteiger partial charge in [0.05, 0.1) is 0 Å². The third-order valence-corrected chi connectivity index (χ3v) is 4.71. The predicted molar refractivity (Wildman–Crippen MR) is 83.7 cm³/mol. The number of benzene rings is 1. The first-order valence-electron chi connectivity index (χ1n) is 7.99. The van der Waals surface area contributed by atoms with Crippen molar-refractivity contribution in [1.82, 2.24) is 9.80 Å². The van der Waals surface area contributed by atoms with Crippen molar-refractivity contribution in [3.05, 3.63) is 35.4 Å². The first kappa shape index (κ1) is 14.1. The van der Waals surface area contributed by atoms with Crippen molar-refractivity contribution >= 4 is 0 Å². The Morgan fingerprint density at radius 2 is 1.95 bits per heavy atom. The molecule has 2 fully saturated rings. The zero-order chi connectivity index (χ0) is 13.9. The first-order valence-corrected chi connectivity index (χ1v) is 7.99. The van der Waals surface area contributed by atoms with Crippen LogP contribution in [0, 0.1) is 12.8 Å². The molecule has 3 heteroatoms. The van der Waals surface area contributed by atoms with E-state index in [0.717, 1.165) is 19.0 Å². The summed E-state index contributed by atoms with van der Waals surface area (Å²) >= 11 is 0. The molecule has 20 heavy (non-hydrogen) atoms. The SMILES string of the molecule is Cc1cccc(C(CN)N2CCN(CC3CC3)CC2)c1. The average molecular weight is 273 g/mol. The van der Waals surface area contributed by atoms with Crippen molar-refractivity contribution in [1.29, 1.82) is 0 Å². The molecule has 1 aliphatic carbocycles. The Kier molecular flexibility index (Phi) is 4.39. The lowest BCUT2D eigenvalue weighted by atomic mass is 10.0. The van der Waals surface area contributed by atoms with Crippen molar-refractivity contribution < 1.29 is 0 Å². The van der Waals surface area contributed by atoms with Gasteiger partial charge in [-0.3, -0.25) is 4.90 Å². The normalized spacial score (nSPS) is 22.9. The molecule has 1 aromatic rings. The molecule has 1 unspecified atom stereocenters. The maximum Gasteiger partial charge on any atom is 0.0471 e. The van der Waals surface area contributed by atoms with Gasteiger partial charge in [0.1, 0.15) is 0 Å². The van der Waals surface area contributed by atoms with Gasteiger partial charge in [-0.2, -0.15) is 0 Å². The van der Waals surface area contributed by atoms with Crippen LogP contribution in [0.1, 0.15) is 30.0 Å². The van der Waals surface area contributed by atoms with Crippen LogP contribution >= 0.6 is 0 Å². The number of piperazine rings is 1. The molecule has 3 rings (SSSR count). The van der Waals surface area contributed by atoms with Gasteiger partial charge in [0.15, 0.2) is 0 Å². The largest absolute Gasteiger partial charge is 0.329 e. The summed E-state index contributed by atoms with van der Waals surface area (Å²) in [6.07, 6.45) is 2.91. The second kappa shape index (κ2) is 6.25. The zero-order valence-electron chi connectivity index (χ0n) is 12.6. The van der Waals surface area contributed by atoms with Crippen molar-refractivity contribution in [3.63, 3.8) is 0 Å². The first-order chi connectivity index (χ1) is 9.76. The van der Waals surface area contributed by atoms with E-state index in [-0.39, 0.29) is 0 Å². The predicted octanol–water partition coefficient (Wildman–Crippen LogP) is 2.02. The summed E-state index contributed by atoms with van der Waals surface area (Å²) in [4.78, 5) is 5.20. The highest BCUT2D eigenvalue weighted by Gasteiger charge is 2.28. The van der Waals surface area contributed by atoms with Gasteiger partial charge in [0.2, 0.25) is 0 Å². The Balaban J connectivity index is 1.59. The van der Waals surface area contributed by atoms with Crippen LogP contribution in [-0.2, 0) is 0 Å². The van der Waals surface area contributed by atoms with Crippen molar-refractivity contribution in [2.75, 3.05) is 39.3 Å². The highest BCUT2D eigenvalue weighted by molar-refractivity contribution is 5.25. The molecule has 0 spiro atoms. The van der Waals surface area contributed by atoms with E-state index < -0.39 is 0 Å². The minimum atomic E-state index is 0.387. The zero-order valence-corrected chi connectivity index (χ0v) is 12.6. The number of nitrogens with two attached hydrogens (primary N) is 1. The third kappa shape index (κ3) is 3.40. The van der Waals surface area contributed by atoms with Crippen LogP contribution in [0.4, 0.5) is 0 Å². The topological polar surface area (TPSA) is 32.5 Å². The van der Waals surface area contributed by atoms with E-state index in [1.165, 1.54) is 43.6 Å². The molecule has 3 nitrogen and oxygen atoms in total. The molecule has 1 aliphatic heterocycles. The van der Waals surface area contributed by atoms with Gasteiger partial charge in [-0.15, -0.1) is 0 Å². The quantitative estimate of drug-likeness (QED) is 0.891. The molecule has 1 atom stereocenters. The monoisotopic (exact) mass is 273 g/mol. The number of aryl methyl sites for hydroxylation is 1. The molecule has 0 aromatic heterocycles. The standard InChI is InChI=1S/C17H27N3/c1-14-3-2-4-16(11-14)17(12-18)20-9-7-19(8-10-20)13-15-5-6-15/h2-4,11,15,17H,5-10,12-13,18H2,1H3. The maximum atomic E-state index is 6.06. The number of hydrogen-bond donors (Lipinski definition) is 1. The summed E-state index contributed by atoms with van der Waals surface area (Å²) in [5.74, 6) is 1.00. The molecule has 0 bridgehead atoms. The van der Waals surface area contributed by atoms with Gasteiger partial charge in [-0.1, -0.05) is 29.8 Å². The fourth-order valence-corrected chi connectivity index (χ4v) is 3.30. The summed E-state index contributed by atoms with van der Waals surface area (Å²) < 4.78 is 0. The fourth-order valence-electron chi connectivity index (χ4n) is 3.30. The second-order valence-corrected chi connectivity index (χ2v) is 6.45. The van der Waals surface area contributed by atoms with E-state index >= 15 is 0 Å². The van der Waals surface area contributed by atoms with Gasteiger partial charge in [0, 0.05) is 45.3 Å². The molecule has 2 N–H and O–H groups in total. The molecule has 1 heterocycles. The summed E-state index contributed by atoms with van der Waals surface area (Å²) in [6.45, 7) is 8.92. The minimum absolute atomic E-state index is 0.387. The Bertz CT molecular complexity index is 434. The maximum absolute atomic E-state index is 6.06. The molecular weight excluding hydrogens is 246 g/mol. The Labute approximate surface area is 122 Å². The highest BCUT2D eigenvalue weighted by atomic mass is 15.3. The summed E-state index contributed by atoms with van der Waals surface area (Å²) in [6, 6.07) is 9.20. The van der Waals surface area contributed by atoms with E-state index in [1.54, 1.807) is 0 Å². The number of rotatable bonds is 5. The van der Waals surface area contributed by atoms with Crippen LogP contribution < -0.4 is 5.73 Å². The van der Waals surface area contributed by atoms with E-state index in [9.17, 15) is 0 Å². The minimum Gasteiger partial charge on any atom is -0.329 e. The Morgan fingerprint density at radius 3 is 2.55 bits per heavy atom. The van der Waals surface area contributed by atoms with Crippen molar-refractivity contribution in [3.8, 4) is 0 Å². The van der Waals surface area contributed by atoms with Crippen molar-refractivity contribution in [2.24, 2.45) is 11.7 Å². The second-order valence-electron chi connectivity index (χ2n) is 6.45. The molecular formula is C17H27N3. The molecule has 110 valence electrons. The molecule has 0 amide bonds. The third-order valence-electron chi connectivity index (χ3n) is 4.71. The van der Waals surface area contributed by atoms with Crippen LogP contribution in [0.2, 0.25) is 0 Å². The van der Waals surface area contributed by atoms with Crippen molar-refractivity contribution in [2.45, 2.75) is 25.8 Å². The summed E-state index contributed by atoms with van der Waals surface area (Å²) in [5, 5.41) is 0. The lowest BCUT2D eigenvalue weighted by molar-refractivity contribution is 0.0955. The van der Waals surface area contributed by atoms with Crippen LogP contribution in [0.5, 0.6) is 0 Å². The van der Waals surface area contributed by atoms with Gasteiger partial charge < -0.3 is 10.6 Å². The van der Waals surface area contributed by atoms with E-state index in [2.05, 4.69) is 41.0 Å². The van der Waals surface area contributed by atoms with Crippen LogP contribution in [0.3, 0.4) is 0 Å². The highest BCUT2D eigenvalue weighted by Crippen LogP contribution is 2.30. The van der Waals surface area contributed by atoms with Gasteiger partial charge >= 0.3 is 0 Å².